The molecule has 0 bridgehead atoms. The molecule has 0 aromatic rings. The molecule has 0 aliphatic carbocycles. The lowest BCUT2D eigenvalue weighted by Crippen LogP contribution is -1.98. The minimum Gasteiger partial charge on any atom is -0.380 e. The Balaban J connectivity index is 4.51. The van der Waals surface area contributed by atoms with Gasteiger partial charge in [0.1, 0.15) is 6.54 Å². The van der Waals surface area contributed by atoms with Gasteiger partial charge < -0.3 is 4.74 Å². The van der Waals surface area contributed by atoms with Crippen LogP contribution < -0.4 is 0 Å². The highest BCUT2D eigenvalue weighted by molar-refractivity contribution is 8.17. The van der Waals surface area contributed by atoms with Crippen molar-refractivity contribution in [3.05, 3.63) is 10.5 Å². The first-order chi connectivity index (χ1) is 7.65. The van der Waals surface area contributed by atoms with E-state index in [0.717, 1.165) is 17.9 Å². The van der Waals surface area contributed by atoms with Crippen LogP contribution in [0.4, 0.5) is 0 Å². The van der Waals surface area contributed by atoms with E-state index in [0.29, 0.717) is 13.2 Å². The second kappa shape index (κ2) is 9.50. The number of thioether (sulfide) groups is 1. The van der Waals surface area contributed by atoms with Gasteiger partial charge in [-0.25, -0.2) is 0 Å². The maximum atomic E-state index is 5.20. The van der Waals surface area contributed by atoms with Gasteiger partial charge in [-0.2, -0.15) is 0 Å². The second-order valence-corrected chi connectivity index (χ2v) is 4.89. The van der Waals surface area contributed by atoms with E-state index < -0.39 is 0 Å². The van der Waals surface area contributed by atoms with E-state index in [1.807, 2.05) is 6.92 Å². The summed E-state index contributed by atoms with van der Waals surface area (Å²) in [5.74, 6) is 2.51. The fourth-order valence-corrected chi connectivity index (χ4v) is 2.19. The fraction of sp³-hybridized carbons (Fsp3) is 0.615. The predicted octanol–water partition coefficient (Wildman–Crippen LogP) is 3.49. The summed E-state index contributed by atoms with van der Waals surface area (Å²) in [5, 5.41) is 1.01. The molecule has 0 aromatic heterocycles. The molecule has 0 aliphatic rings. The number of terminal acetylenes is 1. The summed E-state index contributed by atoms with van der Waals surface area (Å²) >= 11 is 1.68. The molecule has 0 rings (SSSR count). The molecular formula is C13H21NOS. The summed E-state index contributed by atoms with van der Waals surface area (Å²) in [7, 11) is 1.73. The summed E-state index contributed by atoms with van der Waals surface area (Å²) in [6.07, 6.45) is 7.38. The molecule has 0 saturated carbocycles. The van der Waals surface area contributed by atoms with Crippen LogP contribution in [0.2, 0.25) is 0 Å². The van der Waals surface area contributed by atoms with Crippen LogP contribution in [0.25, 0.3) is 0 Å². The Kier molecular flexibility index (Phi) is 9.07. The summed E-state index contributed by atoms with van der Waals surface area (Å²) in [5.41, 5.74) is 1.35. The average Bonchev–Trinajstić information content (AvgIpc) is 2.26. The van der Waals surface area contributed by atoms with E-state index in [9.17, 15) is 0 Å². The summed E-state index contributed by atoms with van der Waals surface area (Å²) < 4.78 is 5.20. The number of allylic oxidation sites excluding steroid dienone is 1. The Labute approximate surface area is 104 Å². The molecule has 0 aromatic carbocycles. The van der Waals surface area contributed by atoms with Gasteiger partial charge in [-0.05, 0) is 30.7 Å². The molecule has 0 amide bonds. The fourth-order valence-electron chi connectivity index (χ4n) is 1.31. The Morgan fingerprint density at radius 3 is 2.62 bits per heavy atom. The number of hydrogen-bond donors (Lipinski definition) is 0. The van der Waals surface area contributed by atoms with Crippen molar-refractivity contribution in [3.63, 3.8) is 0 Å². The second-order valence-electron chi connectivity index (χ2n) is 3.48. The molecule has 0 heterocycles. The van der Waals surface area contributed by atoms with Crippen molar-refractivity contribution in [2.24, 2.45) is 4.99 Å². The van der Waals surface area contributed by atoms with Crippen molar-refractivity contribution < 1.29 is 4.74 Å². The van der Waals surface area contributed by atoms with Gasteiger partial charge in [0.05, 0.1) is 11.7 Å². The zero-order valence-electron chi connectivity index (χ0n) is 10.7. The van der Waals surface area contributed by atoms with E-state index in [-0.39, 0.29) is 0 Å². The third-order valence-electron chi connectivity index (χ3n) is 2.06. The molecular weight excluding hydrogens is 218 g/mol. The van der Waals surface area contributed by atoms with Crippen LogP contribution in [-0.4, -0.2) is 25.3 Å². The summed E-state index contributed by atoms with van der Waals surface area (Å²) in [6.45, 7) is 7.44. The Hall–Kier alpha value is -0.720. The van der Waals surface area contributed by atoms with Crippen LogP contribution in [0.5, 0.6) is 0 Å². The van der Waals surface area contributed by atoms with Gasteiger partial charge in [-0.3, -0.25) is 4.99 Å². The Morgan fingerprint density at radius 1 is 1.44 bits per heavy atom. The number of aliphatic imine (C=N–C) groups is 1. The topological polar surface area (TPSA) is 21.6 Å². The van der Waals surface area contributed by atoms with Gasteiger partial charge in [-0.15, -0.1) is 6.42 Å². The Morgan fingerprint density at radius 2 is 2.12 bits per heavy atom. The lowest BCUT2D eigenvalue weighted by atomic mass is 10.1. The highest BCUT2D eigenvalue weighted by Gasteiger charge is 2.04. The molecule has 3 heteroatoms. The predicted molar refractivity (Wildman–Crippen MR) is 73.9 cm³/mol. The lowest BCUT2D eigenvalue weighted by Gasteiger charge is -2.10. The van der Waals surface area contributed by atoms with Crippen molar-refractivity contribution in [2.45, 2.75) is 33.6 Å². The van der Waals surface area contributed by atoms with Gasteiger partial charge >= 0.3 is 0 Å². The van der Waals surface area contributed by atoms with Gasteiger partial charge in [0, 0.05) is 7.11 Å². The molecule has 0 N–H and O–H groups in total. The lowest BCUT2D eigenvalue weighted by molar-refractivity contribution is 0.222. The van der Waals surface area contributed by atoms with Crippen LogP contribution in [0.1, 0.15) is 33.6 Å². The number of rotatable bonds is 6. The minimum atomic E-state index is 0.458. The summed E-state index contributed by atoms with van der Waals surface area (Å²) in [4.78, 5) is 5.53. The first kappa shape index (κ1) is 15.3. The summed E-state index contributed by atoms with van der Waals surface area (Å²) in [6, 6.07) is 0. The van der Waals surface area contributed by atoms with Crippen molar-refractivity contribution >= 4 is 16.8 Å². The van der Waals surface area contributed by atoms with Crippen molar-refractivity contribution in [3.8, 4) is 12.3 Å². The standard InChI is InChI=1S/C13H21NOS/c1-6-8-13(10-15-5)11(3)16-12(4)14-9-7-2/h2H,6,8-10H2,1,3-5H3/b13-11-,14-12?. The largest absolute Gasteiger partial charge is 0.380 e. The first-order valence-corrected chi connectivity index (χ1v) is 6.27. The van der Waals surface area contributed by atoms with Gasteiger partial charge in [0.15, 0.2) is 0 Å². The molecule has 0 radical (unpaired) electrons. The molecule has 0 spiro atoms. The molecule has 0 fully saturated rings. The number of ether oxygens (including phenoxy) is 1. The minimum absolute atomic E-state index is 0.458. The maximum Gasteiger partial charge on any atom is 0.100 e. The van der Waals surface area contributed by atoms with Crippen LogP contribution in [0.3, 0.4) is 0 Å². The molecule has 16 heavy (non-hydrogen) atoms. The molecule has 0 aliphatic heterocycles. The van der Waals surface area contributed by atoms with Gasteiger partial charge in [0.25, 0.3) is 0 Å². The monoisotopic (exact) mass is 239 g/mol. The van der Waals surface area contributed by atoms with Crippen LogP contribution >= 0.6 is 11.8 Å². The number of methoxy groups -OCH3 is 1. The third kappa shape index (κ3) is 6.71. The molecule has 90 valence electrons. The number of hydrogen-bond acceptors (Lipinski definition) is 3. The van der Waals surface area contributed by atoms with E-state index in [4.69, 9.17) is 11.2 Å². The van der Waals surface area contributed by atoms with E-state index >= 15 is 0 Å². The third-order valence-corrected chi connectivity index (χ3v) is 3.08. The average molecular weight is 239 g/mol. The van der Waals surface area contributed by atoms with E-state index in [1.165, 1.54) is 10.5 Å². The Bertz CT molecular complexity index is 292. The maximum absolute atomic E-state index is 5.20. The van der Waals surface area contributed by atoms with Crippen molar-refractivity contribution in [1.82, 2.24) is 0 Å². The van der Waals surface area contributed by atoms with Gasteiger partial charge in [-0.1, -0.05) is 31.0 Å². The molecule has 0 unspecified atom stereocenters. The highest BCUT2D eigenvalue weighted by atomic mass is 32.2. The molecule has 2 nitrogen and oxygen atoms in total. The van der Waals surface area contributed by atoms with Crippen LogP contribution in [0.15, 0.2) is 15.5 Å². The first-order valence-electron chi connectivity index (χ1n) is 5.45. The molecule has 0 atom stereocenters. The normalized spacial score (nSPS) is 13.3. The van der Waals surface area contributed by atoms with Crippen molar-refractivity contribution in [2.75, 3.05) is 20.3 Å². The quantitative estimate of drug-likeness (QED) is 0.402. The SMILES string of the molecule is C#CCN=C(C)S/C(C)=C(/CCC)COC. The molecule has 0 saturated heterocycles. The van der Waals surface area contributed by atoms with E-state index in [1.54, 1.807) is 18.9 Å². The smallest absolute Gasteiger partial charge is 0.100 e. The van der Waals surface area contributed by atoms with Crippen molar-refractivity contribution in [1.29, 1.82) is 0 Å². The number of nitrogens with zero attached hydrogens (tertiary/aromatic N) is 1. The van der Waals surface area contributed by atoms with Gasteiger partial charge in [0.2, 0.25) is 0 Å². The zero-order valence-corrected chi connectivity index (χ0v) is 11.5. The van der Waals surface area contributed by atoms with Crippen LogP contribution in [0, 0.1) is 12.3 Å². The highest BCUT2D eigenvalue weighted by Crippen LogP contribution is 2.23. The van der Waals surface area contributed by atoms with Crippen LogP contribution in [-0.2, 0) is 4.74 Å². The zero-order chi connectivity index (χ0) is 12.4. The van der Waals surface area contributed by atoms with E-state index in [2.05, 4.69) is 24.8 Å².